The number of carbonyl (C=O) groups excluding carboxylic acids is 1. The molecule has 3 nitrogen and oxygen atoms in total. The Morgan fingerprint density at radius 1 is 0.319 bits per heavy atom. The van der Waals surface area contributed by atoms with Crippen molar-refractivity contribution in [1.82, 2.24) is 0 Å². The van der Waals surface area contributed by atoms with Gasteiger partial charge in [-0.25, -0.2) is 0 Å². The van der Waals surface area contributed by atoms with E-state index in [4.69, 9.17) is 14.6 Å². The first-order valence-electron chi connectivity index (χ1n) is 26.3. The lowest BCUT2D eigenvalue weighted by Crippen LogP contribution is -1.89. The second kappa shape index (κ2) is 60.2. The summed E-state index contributed by atoms with van der Waals surface area (Å²) in [5.41, 5.74) is 4.98. The molecule has 0 heterocycles. The van der Waals surface area contributed by atoms with E-state index in [9.17, 15) is 0 Å². The number of aryl methyl sites for hydroxylation is 3. The van der Waals surface area contributed by atoms with Crippen LogP contribution in [0.5, 0.6) is 5.75 Å². The van der Waals surface area contributed by atoms with Gasteiger partial charge in [0.25, 0.3) is 0 Å². The van der Waals surface area contributed by atoms with Crippen molar-refractivity contribution in [3.63, 3.8) is 0 Å². The SMILES string of the molecule is C=O.CC.CC.CC.CC.CC.CC.CC.CC.CC.CC.COc1ccc(CO)c2ccccc12.Cc1cccc2ccccc12.Cc1cccc2ccccc12.Cc1cccc2ccccc12. The number of methoxy groups -OCH3 is 1. The monoisotopic (exact) mass is 945 g/mol. The molecule has 1 N–H and O–H groups in total. The molecule has 0 bridgehead atoms. The molecular formula is C66H104O3. The highest BCUT2D eigenvalue weighted by Gasteiger charge is 2.04. The third-order valence-corrected chi connectivity index (χ3v) is 8.39. The molecule has 0 fully saturated rings. The zero-order valence-corrected chi connectivity index (χ0v) is 48.8. The van der Waals surface area contributed by atoms with Crippen LogP contribution in [-0.2, 0) is 11.4 Å². The largest absolute Gasteiger partial charge is 0.496 e. The zero-order valence-electron chi connectivity index (χ0n) is 48.8. The van der Waals surface area contributed by atoms with Crippen LogP contribution in [0.4, 0.5) is 0 Å². The lowest BCUT2D eigenvalue weighted by molar-refractivity contribution is -0.0980. The molecule has 0 aliphatic heterocycles. The standard InChI is InChI=1S/C12H12O2.3C11H10.10C2H6.CH2O/c1-14-12-7-6-9(8-13)10-4-2-3-5-11(10)12;3*1-9-5-4-7-10-6-2-3-8-11(9)10;11*1-2/h2-7,13H,8H2,1H3;3*2-8H,1H3;10*1-2H3;1H2. The molecule has 0 saturated carbocycles. The summed E-state index contributed by atoms with van der Waals surface area (Å²) in [6.07, 6.45) is 0. The molecule has 8 aromatic carbocycles. The molecule has 0 unspecified atom stereocenters. The van der Waals surface area contributed by atoms with Crippen molar-refractivity contribution < 1.29 is 14.6 Å². The molecule has 0 aliphatic carbocycles. The number of aliphatic hydroxyl groups is 1. The first kappa shape index (κ1) is 77.4. The number of hydrogen-bond donors (Lipinski definition) is 1. The highest BCUT2D eigenvalue weighted by molar-refractivity contribution is 5.91. The van der Waals surface area contributed by atoms with E-state index in [1.54, 1.807) is 7.11 Å². The van der Waals surface area contributed by atoms with Gasteiger partial charge in [-0.05, 0) is 86.8 Å². The number of ether oxygens (including phenoxy) is 1. The molecule has 0 radical (unpaired) electrons. The molecule has 0 aromatic heterocycles. The van der Waals surface area contributed by atoms with Gasteiger partial charge in [0, 0.05) is 5.39 Å². The Morgan fingerprint density at radius 3 is 0.797 bits per heavy atom. The maximum absolute atomic E-state index is 9.16. The van der Waals surface area contributed by atoms with E-state index in [-0.39, 0.29) is 6.61 Å². The van der Waals surface area contributed by atoms with Gasteiger partial charge in [0.15, 0.2) is 0 Å². The van der Waals surface area contributed by atoms with Crippen LogP contribution in [0.2, 0.25) is 0 Å². The average molecular weight is 946 g/mol. The molecule has 0 spiro atoms. The summed E-state index contributed by atoms with van der Waals surface area (Å²) in [6, 6.07) is 56.2. The Hall–Kier alpha value is -5.77. The zero-order chi connectivity index (χ0) is 55.0. The number of benzene rings is 8. The van der Waals surface area contributed by atoms with Crippen molar-refractivity contribution in [1.29, 1.82) is 0 Å². The number of hydrogen-bond acceptors (Lipinski definition) is 3. The normalized spacial score (nSPS) is 7.96. The summed E-state index contributed by atoms with van der Waals surface area (Å²) < 4.78 is 5.25. The van der Waals surface area contributed by atoms with Crippen LogP contribution < -0.4 is 4.74 Å². The number of carbonyl (C=O) groups is 1. The maximum atomic E-state index is 9.16. The fourth-order valence-corrected chi connectivity index (χ4v) is 5.81. The van der Waals surface area contributed by atoms with Crippen molar-refractivity contribution >= 4 is 49.9 Å². The Morgan fingerprint density at radius 2 is 0.551 bits per heavy atom. The van der Waals surface area contributed by atoms with Gasteiger partial charge in [-0.1, -0.05) is 296 Å². The predicted octanol–water partition coefficient (Wildman–Crippen LogP) is 21.9. The molecule has 69 heavy (non-hydrogen) atoms. The van der Waals surface area contributed by atoms with Gasteiger partial charge in [0.1, 0.15) is 12.5 Å². The van der Waals surface area contributed by atoms with Crippen molar-refractivity contribution in [2.45, 2.75) is 166 Å². The highest BCUT2D eigenvalue weighted by atomic mass is 16.5. The minimum atomic E-state index is 0.0600. The summed E-state index contributed by atoms with van der Waals surface area (Å²) in [5, 5.41) is 19.3. The van der Waals surface area contributed by atoms with Crippen molar-refractivity contribution in [3.8, 4) is 5.75 Å². The molecule has 3 heteroatoms. The summed E-state index contributed by atoms with van der Waals surface area (Å²) >= 11 is 0. The number of fused-ring (bicyclic) bond motifs is 4. The molecule has 0 aliphatic rings. The van der Waals surface area contributed by atoms with Crippen LogP contribution >= 0.6 is 0 Å². The summed E-state index contributed by atoms with van der Waals surface area (Å²) in [4.78, 5) is 8.00. The van der Waals surface area contributed by atoms with Crippen LogP contribution in [0.3, 0.4) is 0 Å². The van der Waals surface area contributed by atoms with Gasteiger partial charge < -0.3 is 14.6 Å². The van der Waals surface area contributed by atoms with Crippen molar-refractivity contribution in [3.05, 3.63) is 186 Å². The quantitative estimate of drug-likeness (QED) is 0.188. The molecule has 0 saturated heterocycles. The Balaban J connectivity index is -0.000000131. The van der Waals surface area contributed by atoms with Crippen LogP contribution in [0.25, 0.3) is 43.1 Å². The smallest absolute Gasteiger partial charge is 0.126 e. The topological polar surface area (TPSA) is 46.5 Å². The van der Waals surface area contributed by atoms with E-state index in [1.807, 2.05) is 182 Å². The summed E-state index contributed by atoms with van der Waals surface area (Å²) in [6.45, 7) is 48.5. The molecular weight excluding hydrogens is 841 g/mol. The lowest BCUT2D eigenvalue weighted by Gasteiger charge is -2.08. The van der Waals surface area contributed by atoms with Crippen molar-refractivity contribution in [2.75, 3.05) is 7.11 Å². The van der Waals surface area contributed by atoms with Crippen LogP contribution in [0, 0.1) is 20.8 Å². The van der Waals surface area contributed by atoms with Crippen LogP contribution in [0.1, 0.15) is 161 Å². The number of aliphatic hydroxyl groups excluding tert-OH is 1. The predicted molar refractivity (Wildman–Crippen MR) is 323 cm³/mol. The van der Waals surface area contributed by atoms with E-state index in [2.05, 4.69) is 148 Å². The van der Waals surface area contributed by atoms with Gasteiger partial charge in [0.05, 0.1) is 13.7 Å². The fraction of sp³-hybridized carbons (Fsp3) is 0.379. The second-order valence-electron chi connectivity index (χ2n) is 11.5. The van der Waals surface area contributed by atoms with E-state index < -0.39 is 0 Å². The van der Waals surface area contributed by atoms with Gasteiger partial charge in [0.2, 0.25) is 0 Å². The molecule has 0 amide bonds. The van der Waals surface area contributed by atoms with Crippen molar-refractivity contribution in [2.24, 2.45) is 0 Å². The highest BCUT2D eigenvalue weighted by Crippen LogP contribution is 2.28. The van der Waals surface area contributed by atoms with Gasteiger partial charge in [-0.3, -0.25) is 0 Å². The van der Waals surface area contributed by atoms with E-state index in [1.165, 1.54) is 49.0 Å². The Kier molecular flexibility index (Phi) is 67.6. The van der Waals surface area contributed by atoms with Gasteiger partial charge in [-0.2, -0.15) is 0 Å². The van der Waals surface area contributed by atoms with E-state index in [0.29, 0.717) is 0 Å². The Labute approximate surface area is 427 Å². The lowest BCUT2D eigenvalue weighted by atomic mass is 10.0. The minimum Gasteiger partial charge on any atom is -0.496 e. The van der Waals surface area contributed by atoms with Gasteiger partial charge >= 0.3 is 0 Å². The molecule has 386 valence electrons. The van der Waals surface area contributed by atoms with Crippen LogP contribution in [0.15, 0.2) is 164 Å². The van der Waals surface area contributed by atoms with Crippen LogP contribution in [-0.4, -0.2) is 19.0 Å². The van der Waals surface area contributed by atoms with E-state index >= 15 is 0 Å². The first-order valence-corrected chi connectivity index (χ1v) is 26.3. The molecule has 8 rings (SSSR count). The molecule has 8 aromatic rings. The Bertz CT molecular complexity index is 1990. The minimum absolute atomic E-state index is 0.0600. The third kappa shape index (κ3) is 31.1. The number of rotatable bonds is 2. The fourth-order valence-electron chi connectivity index (χ4n) is 5.81. The van der Waals surface area contributed by atoms with Gasteiger partial charge in [-0.15, -0.1) is 0 Å². The average Bonchev–Trinajstić information content (AvgIpc) is 3.47. The first-order chi connectivity index (χ1) is 34.0. The summed E-state index contributed by atoms with van der Waals surface area (Å²) in [5.74, 6) is 0.845. The summed E-state index contributed by atoms with van der Waals surface area (Å²) in [7, 11) is 1.65. The third-order valence-electron chi connectivity index (χ3n) is 8.39. The second-order valence-corrected chi connectivity index (χ2v) is 11.5. The maximum Gasteiger partial charge on any atom is 0.126 e. The van der Waals surface area contributed by atoms with E-state index in [0.717, 1.165) is 22.1 Å². The molecule has 0 atom stereocenters.